The maximum Gasteiger partial charge on any atom is 0.119 e. The third-order valence-electron chi connectivity index (χ3n) is 1.89. The number of hydrogen-bond acceptors (Lipinski definition) is 3. The second-order valence-electron chi connectivity index (χ2n) is 3.17. The molecular weight excluding hydrogens is 216 g/mol. The quantitative estimate of drug-likeness (QED) is 0.758. The Kier molecular flexibility index (Phi) is 5.47. The Hall–Kier alpha value is -0.770. The first-order valence-electron chi connectivity index (χ1n) is 4.71. The number of halogens is 1. The number of rotatable bonds is 6. The molecule has 0 amide bonds. The number of aliphatic hydroxyl groups excluding tert-OH is 1. The van der Waals surface area contributed by atoms with Crippen molar-refractivity contribution in [2.75, 3.05) is 19.6 Å². The third-order valence-corrected chi connectivity index (χ3v) is 2.25. The van der Waals surface area contributed by atoms with Gasteiger partial charge in [-0.2, -0.15) is 0 Å². The lowest BCUT2D eigenvalue weighted by atomic mass is 10.2. The fourth-order valence-electron chi connectivity index (χ4n) is 1.12. The van der Waals surface area contributed by atoms with Crippen LogP contribution in [0.15, 0.2) is 24.3 Å². The summed E-state index contributed by atoms with van der Waals surface area (Å²) < 4.78 is 10.4. The SMILES string of the molecule is COc1cccc(COCC(O)CCl)c1. The minimum absolute atomic E-state index is 0.193. The maximum atomic E-state index is 9.16. The van der Waals surface area contributed by atoms with E-state index in [1.807, 2.05) is 24.3 Å². The highest BCUT2D eigenvalue weighted by molar-refractivity contribution is 6.18. The van der Waals surface area contributed by atoms with Crippen molar-refractivity contribution >= 4 is 11.6 Å². The second-order valence-corrected chi connectivity index (χ2v) is 3.48. The Labute approximate surface area is 94.6 Å². The lowest BCUT2D eigenvalue weighted by Crippen LogP contribution is -2.16. The van der Waals surface area contributed by atoms with Gasteiger partial charge in [0.1, 0.15) is 5.75 Å². The summed E-state index contributed by atoms with van der Waals surface area (Å²) in [6, 6.07) is 7.61. The predicted octanol–water partition coefficient (Wildman–Crippen LogP) is 1.81. The zero-order valence-corrected chi connectivity index (χ0v) is 9.41. The molecule has 3 nitrogen and oxygen atoms in total. The van der Waals surface area contributed by atoms with Crippen molar-refractivity contribution < 1.29 is 14.6 Å². The number of aliphatic hydroxyl groups is 1. The molecule has 0 aromatic heterocycles. The summed E-state index contributed by atoms with van der Waals surface area (Å²) in [5.74, 6) is 0.993. The van der Waals surface area contributed by atoms with Crippen molar-refractivity contribution in [2.45, 2.75) is 12.7 Å². The Morgan fingerprint density at radius 2 is 2.27 bits per heavy atom. The molecule has 0 heterocycles. The zero-order chi connectivity index (χ0) is 11.1. The monoisotopic (exact) mass is 230 g/mol. The molecule has 0 radical (unpaired) electrons. The molecular formula is C11H15ClO3. The van der Waals surface area contributed by atoms with Gasteiger partial charge in [-0.15, -0.1) is 11.6 Å². The van der Waals surface area contributed by atoms with Crippen LogP contribution in [-0.2, 0) is 11.3 Å². The maximum absolute atomic E-state index is 9.16. The third kappa shape index (κ3) is 4.51. The van der Waals surface area contributed by atoms with Crippen molar-refractivity contribution in [1.29, 1.82) is 0 Å². The number of methoxy groups -OCH3 is 1. The fourth-order valence-corrected chi connectivity index (χ4v) is 1.21. The molecule has 0 spiro atoms. The molecule has 4 heteroatoms. The van der Waals surface area contributed by atoms with Gasteiger partial charge in [0.05, 0.1) is 32.3 Å². The largest absolute Gasteiger partial charge is 0.497 e. The molecule has 1 unspecified atom stereocenters. The number of alkyl halides is 1. The van der Waals surface area contributed by atoms with Gasteiger partial charge >= 0.3 is 0 Å². The Morgan fingerprint density at radius 1 is 1.47 bits per heavy atom. The van der Waals surface area contributed by atoms with E-state index in [9.17, 15) is 0 Å². The van der Waals surface area contributed by atoms with E-state index < -0.39 is 6.10 Å². The molecule has 1 rings (SSSR count). The smallest absolute Gasteiger partial charge is 0.119 e. The van der Waals surface area contributed by atoms with E-state index in [1.54, 1.807) is 7.11 Å². The lowest BCUT2D eigenvalue weighted by Gasteiger charge is -2.08. The van der Waals surface area contributed by atoms with Gasteiger partial charge in [-0.1, -0.05) is 12.1 Å². The molecule has 0 aliphatic carbocycles. The highest BCUT2D eigenvalue weighted by Crippen LogP contribution is 2.13. The molecule has 1 aromatic carbocycles. The first-order valence-corrected chi connectivity index (χ1v) is 5.24. The summed E-state index contributed by atoms with van der Waals surface area (Å²) in [5.41, 5.74) is 1.01. The first kappa shape index (κ1) is 12.3. The van der Waals surface area contributed by atoms with Crippen LogP contribution in [0.5, 0.6) is 5.75 Å². The molecule has 0 aliphatic heterocycles. The number of benzene rings is 1. The molecule has 0 bridgehead atoms. The molecule has 1 N–H and O–H groups in total. The van der Waals surface area contributed by atoms with Gasteiger partial charge < -0.3 is 14.6 Å². The second kappa shape index (κ2) is 6.67. The van der Waals surface area contributed by atoms with E-state index in [0.29, 0.717) is 6.61 Å². The van der Waals surface area contributed by atoms with Gasteiger partial charge in [0.2, 0.25) is 0 Å². The van der Waals surface area contributed by atoms with Crippen molar-refractivity contribution in [3.8, 4) is 5.75 Å². The molecule has 1 atom stereocenters. The standard InChI is InChI=1S/C11H15ClO3/c1-14-11-4-2-3-9(5-11)7-15-8-10(13)6-12/h2-5,10,13H,6-8H2,1H3. The fraction of sp³-hybridized carbons (Fsp3) is 0.455. The van der Waals surface area contributed by atoms with Crippen LogP contribution in [0, 0.1) is 0 Å². The predicted molar refractivity (Wildman–Crippen MR) is 59.4 cm³/mol. The van der Waals surface area contributed by atoms with Crippen LogP contribution >= 0.6 is 11.6 Å². The van der Waals surface area contributed by atoms with Crippen molar-refractivity contribution in [1.82, 2.24) is 0 Å². The van der Waals surface area contributed by atoms with Crippen LogP contribution in [0.1, 0.15) is 5.56 Å². The van der Waals surface area contributed by atoms with E-state index in [2.05, 4.69) is 0 Å². The van der Waals surface area contributed by atoms with E-state index in [0.717, 1.165) is 11.3 Å². The van der Waals surface area contributed by atoms with E-state index in [4.69, 9.17) is 26.2 Å². The molecule has 1 aromatic rings. The van der Waals surface area contributed by atoms with Gasteiger partial charge in [0, 0.05) is 0 Å². The van der Waals surface area contributed by atoms with E-state index >= 15 is 0 Å². The summed E-state index contributed by atoms with van der Waals surface area (Å²) >= 11 is 5.43. The minimum atomic E-state index is -0.600. The van der Waals surface area contributed by atoms with Crippen molar-refractivity contribution in [2.24, 2.45) is 0 Å². The van der Waals surface area contributed by atoms with Crippen molar-refractivity contribution in [3.05, 3.63) is 29.8 Å². The highest BCUT2D eigenvalue weighted by Gasteiger charge is 2.02. The minimum Gasteiger partial charge on any atom is -0.497 e. The molecule has 15 heavy (non-hydrogen) atoms. The Balaban J connectivity index is 2.37. The van der Waals surface area contributed by atoms with Crippen LogP contribution in [-0.4, -0.2) is 30.8 Å². The van der Waals surface area contributed by atoms with E-state index in [1.165, 1.54) is 0 Å². The molecule has 0 saturated carbocycles. The summed E-state index contributed by atoms with van der Waals surface area (Å²) in [4.78, 5) is 0. The highest BCUT2D eigenvalue weighted by atomic mass is 35.5. The van der Waals surface area contributed by atoms with E-state index in [-0.39, 0.29) is 12.5 Å². The van der Waals surface area contributed by atoms with Crippen LogP contribution in [0.4, 0.5) is 0 Å². The Bertz CT molecular complexity index is 291. The molecule has 0 aliphatic rings. The van der Waals surface area contributed by atoms with Crippen LogP contribution in [0.2, 0.25) is 0 Å². The first-order chi connectivity index (χ1) is 7.26. The van der Waals surface area contributed by atoms with Crippen LogP contribution < -0.4 is 4.74 Å². The lowest BCUT2D eigenvalue weighted by molar-refractivity contribution is 0.0391. The summed E-state index contributed by atoms with van der Waals surface area (Å²) in [6.07, 6.45) is -0.600. The van der Waals surface area contributed by atoms with Gasteiger partial charge in [-0.3, -0.25) is 0 Å². The normalized spacial score (nSPS) is 12.5. The molecule has 84 valence electrons. The summed E-state index contributed by atoms with van der Waals surface area (Å²) in [7, 11) is 1.62. The zero-order valence-electron chi connectivity index (χ0n) is 8.65. The summed E-state index contributed by atoms with van der Waals surface area (Å²) in [6.45, 7) is 0.700. The summed E-state index contributed by atoms with van der Waals surface area (Å²) in [5, 5.41) is 9.16. The van der Waals surface area contributed by atoms with Gasteiger partial charge in [-0.25, -0.2) is 0 Å². The van der Waals surface area contributed by atoms with Crippen LogP contribution in [0.25, 0.3) is 0 Å². The van der Waals surface area contributed by atoms with Crippen molar-refractivity contribution in [3.63, 3.8) is 0 Å². The Morgan fingerprint density at radius 3 is 2.93 bits per heavy atom. The van der Waals surface area contributed by atoms with Gasteiger partial charge in [0.25, 0.3) is 0 Å². The molecule has 0 fully saturated rings. The van der Waals surface area contributed by atoms with Gasteiger partial charge in [-0.05, 0) is 17.7 Å². The topological polar surface area (TPSA) is 38.7 Å². The molecule has 0 saturated heterocycles. The average Bonchev–Trinajstić information content (AvgIpc) is 2.29. The number of ether oxygens (including phenoxy) is 2. The van der Waals surface area contributed by atoms with Gasteiger partial charge in [0.15, 0.2) is 0 Å². The van der Waals surface area contributed by atoms with Crippen LogP contribution in [0.3, 0.4) is 0 Å². The average molecular weight is 231 g/mol. The number of hydrogen-bond donors (Lipinski definition) is 1.